The van der Waals surface area contributed by atoms with Crippen molar-refractivity contribution in [2.45, 2.75) is 31.2 Å². The molecule has 3 rings (SSSR count). The average molecular weight is 270 g/mol. The van der Waals surface area contributed by atoms with Crippen LogP contribution in [0.4, 0.5) is 0 Å². The maximum absolute atomic E-state index is 10.2. The van der Waals surface area contributed by atoms with Crippen molar-refractivity contribution >= 4 is 11.6 Å². The quantitative estimate of drug-likeness (QED) is 0.822. The predicted octanol–water partition coefficient (Wildman–Crippen LogP) is 2.54. The first-order chi connectivity index (χ1) is 8.62. The fraction of sp³-hybridized carbons (Fsp3) is 0.538. The number of benzene rings is 1. The Hall–Kier alpha value is -1.13. The minimum absolute atomic E-state index is 0.0327. The Morgan fingerprint density at radius 1 is 1.22 bits per heavy atom. The fourth-order valence-electron chi connectivity index (χ4n) is 2.79. The first-order valence-corrected chi connectivity index (χ1v) is 6.60. The van der Waals surface area contributed by atoms with Gasteiger partial charge in [0.1, 0.15) is 24.0 Å². The lowest BCUT2D eigenvalue weighted by Crippen LogP contribution is -2.33. The zero-order valence-electron chi connectivity index (χ0n) is 10.0. The van der Waals surface area contributed by atoms with E-state index < -0.39 is 5.54 Å². The van der Waals surface area contributed by atoms with Crippen molar-refractivity contribution < 1.29 is 14.6 Å². The van der Waals surface area contributed by atoms with Crippen molar-refractivity contribution in [2.24, 2.45) is 5.73 Å². The molecule has 3 N–H and O–H groups in total. The molecule has 1 aromatic rings. The molecule has 1 aromatic carbocycles. The number of fused-ring (bicyclic) bond motifs is 1. The standard InChI is InChI=1S/C13H16ClNO3/c14-10-11(16)8(13(15)3-1-2-4-13)7-9-12(10)18-6-5-17-9/h7,16H,1-6,15H2. The van der Waals surface area contributed by atoms with Crippen LogP contribution >= 0.6 is 11.6 Å². The smallest absolute Gasteiger partial charge is 0.183 e. The molecule has 1 aliphatic carbocycles. The van der Waals surface area contributed by atoms with Gasteiger partial charge in [0.15, 0.2) is 11.5 Å². The summed E-state index contributed by atoms with van der Waals surface area (Å²) in [6, 6.07) is 1.78. The summed E-state index contributed by atoms with van der Waals surface area (Å²) in [5, 5.41) is 10.4. The van der Waals surface area contributed by atoms with Gasteiger partial charge in [0.05, 0.1) is 0 Å². The molecule has 98 valence electrons. The van der Waals surface area contributed by atoms with Crippen LogP contribution in [0.25, 0.3) is 0 Å². The molecule has 0 aromatic heterocycles. The molecule has 0 unspecified atom stereocenters. The molecular formula is C13H16ClNO3. The number of hydrogen-bond donors (Lipinski definition) is 2. The van der Waals surface area contributed by atoms with Gasteiger partial charge in [-0.25, -0.2) is 0 Å². The topological polar surface area (TPSA) is 64.7 Å². The Kier molecular flexibility index (Phi) is 2.79. The van der Waals surface area contributed by atoms with Crippen LogP contribution in [0, 0.1) is 0 Å². The average Bonchev–Trinajstić information content (AvgIpc) is 2.82. The number of halogens is 1. The maximum Gasteiger partial charge on any atom is 0.183 e. The van der Waals surface area contributed by atoms with E-state index in [1.165, 1.54) is 0 Å². The van der Waals surface area contributed by atoms with Crippen molar-refractivity contribution in [1.82, 2.24) is 0 Å². The van der Waals surface area contributed by atoms with E-state index in [4.69, 9.17) is 26.8 Å². The van der Waals surface area contributed by atoms with Gasteiger partial charge in [-0.2, -0.15) is 0 Å². The van der Waals surface area contributed by atoms with Crippen LogP contribution in [0.15, 0.2) is 6.07 Å². The van der Waals surface area contributed by atoms with Crippen LogP contribution in [0.1, 0.15) is 31.2 Å². The van der Waals surface area contributed by atoms with Gasteiger partial charge in [0.2, 0.25) is 0 Å². The van der Waals surface area contributed by atoms with E-state index >= 15 is 0 Å². The molecule has 4 nitrogen and oxygen atoms in total. The van der Waals surface area contributed by atoms with Crippen LogP contribution < -0.4 is 15.2 Å². The molecule has 18 heavy (non-hydrogen) atoms. The lowest BCUT2D eigenvalue weighted by molar-refractivity contribution is 0.170. The summed E-state index contributed by atoms with van der Waals surface area (Å²) in [7, 11) is 0. The highest BCUT2D eigenvalue weighted by Crippen LogP contribution is 2.50. The molecule has 1 aliphatic heterocycles. The van der Waals surface area contributed by atoms with Gasteiger partial charge in [-0.1, -0.05) is 24.4 Å². The van der Waals surface area contributed by atoms with Gasteiger partial charge in [-0.05, 0) is 18.9 Å². The molecule has 0 bridgehead atoms. The first-order valence-electron chi connectivity index (χ1n) is 6.22. The Morgan fingerprint density at radius 3 is 2.61 bits per heavy atom. The van der Waals surface area contributed by atoms with Crippen molar-refractivity contribution in [3.8, 4) is 17.2 Å². The summed E-state index contributed by atoms with van der Waals surface area (Å²) in [6.07, 6.45) is 3.86. The Morgan fingerprint density at radius 2 is 1.89 bits per heavy atom. The van der Waals surface area contributed by atoms with Gasteiger partial charge in [-0.15, -0.1) is 0 Å². The Bertz CT molecular complexity index is 484. The molecule has 1 heterocycles. The molecule has 1 saturated carbocycles. The van der Waals surface area contributed by atoms with Crippen LogP contribution in [-0.4, -0.2) is 18.3 Å². The van der Waals surface area contributed by atoms with Gasteiger partial charge in [0, 0.05) is 11.1 Å². The van der Waals surface area contributed by atoms with E-state index in [-0.39, 0.29) is 10.8 Å². The van der Waals surface area contributed by atoms with Crippen molar-refractivity contribution in [3.05, 3.63) is 16.7 Å². The summed E-state index contributed by atoms with van der Waals surface area (Å²) >= 11 is 6.15. The van der Waals surface area contributed by atoms with Crippen LogP contribution in [0.5, 0.6) is 17.2 Å². The third-order valence-corrected chi connectivity index (χ3v) is 4.13. The predicted molar refractivity (Wildman–Crippen MR) is 68.4 cm³/mol. The molecule has 2 aliphatic rings. The van der Waals surface area contributed by atoms with E-state index in [0.717, 1.165) is 25.7 Å². The Balaban J connectivity index is 2.13. The van der Waals surface area contributed by atoms with Crippen LogP contribution in [-0.2, 0) is 5.54 Å². The monoisotopic (exact) mass is 269 g/mol. The largest absolute Gasteiger partial charge is 0.506 e. The minimum Gasteiger partial charge on any atom is -0.506 e. The number of ether oxygens (including phenoxy) is 2. The zero-order valence-corrected chi connectivity index (χ0v) is 10.8. The third-order valence-electron chi connectivity index (χ3n) is 3.78. The summed E-state index contributed by atoms with van der Waals surface area (Å²) in [5.74, 6) is 1.03. The van der Waals surface area contributed by atoms with E-state index in [9.17, 15) is 5.11 Å². The summed E-state index contributed by atoms with van der Waals surface area (Å²) in [5.41, 5.74) is 6.55. The number of phenols is 1. The highest BCUT2D eigenvalue weighted by atomic mass is 35.5. The summed E-state index contributed by atoms with van der Waals surface area (Å²) in [4.78, 5) is 0. The number of rotatable bonds is 1. The molecule has 0 spiro atoms. The minimum atomic E-state index is -0.496. The second-order valence-electron chi connectivity index (χ2n) is 4.97. The number of nitrogens with two attached hydrogens (primary N) is 1. The highest BCUT2D eigenvalue weighted by molar-refractivity contribution is 6.34. The van der Waals surface area contributed by atoms with Crippen LogP contribution in [0.2, 0.25) is 5.02 Å². The Labute approximate surface area is 111 Å². The summed E-state index contributed by atoms with van der Waals surface area (Å²) in [6.45, 7) is 0.935. The van der Waals surface area contributed by atoms with E-state index in [1.807, 2.05) is 0 Å². The van der Waals surface area contributed by atoms with Crippen molar-refractivity contribution in [2.75, 3.05) is 13.2 Å². The van der Waals surface area contributed by atoms with Gasteiger partial charge in [0.25, 0.3) is 0 Å². The number of phenolic OH excluding ortho intramolecular Hbond substituents is 1. The van der Waals surface area contributed by atoms with E-state index in [2.05, 4.69) is 0 Å². The normalized spacial score (nSPS) is 21.0. The van der Waals surface area contributed by atoms with Crippen molar-refractivity contribution in [3.63, 3.8) is 0 Å². The van der Waals surface area contributed by atoms with Gasteiger partial charge >= 0.3 is 0 Å². The van der Waals surface area contributed by atoms with Gasteiger partial charge < -0.3 is 20.3 Å². The number of hydrogen-bond acceptors (Lipinski definition) is 4. The molecule has 0 saturated heterocycles. The first kappa shape index (κ1) is 11.9. The highest BCUT2D eigenvalue weighted by Gasteiger charge is 2.36. The fourth-order valence-corrected chi connectivity index (χ4v) is 3.04. The zero-order chi connectivity index (χ0) is 12.8. The van der Waals surface area contributed by atoms with Crippen LogP contribution in [0.3, 0.4) is 0 Å². The second-order valence-corrected chi connectivity index (χ2v) is 5.35. The molecule has 0 atom stereocenters. The molecular weight excluding hydrogens is 254 g/mol. The van der Waals surface area contributed by atoms with E-state index in [0.29, 0.717) is 30.3 Å². The van der Waals surface area contributed by atoms with Gasteiger partial charge in [-0.3, -0.25) is 0 Å². The van der Waals surface area contributed by atoms with E-state index in [1.54, 1.807) is 6.07 Å². The molecule has 0 radical (unpaired) electrons. The molecule has 0 amide bonds. The second kappa shape index (κ2) is 4.21. The summed E-state index contributed by atoms with van der Waals surface area (Å²) < 4.78 is 11.0. The maximum atomic E-state index is 10.2. The SMILES string of the molecule is NC1(c2cc3c(c(Cl)c2O)OCCO3)CCCC1. The lowest BCUT2D eigenvalue weighted by atomic mass is 9.88. The number of aromatic hydroxyl groups is 1. The van der Waals surface area contributed by atoms with Crippen molar-refractivity contribution in [1.29, 1.82) is 0 Å². The molecule has 5 heteroatoms. The third kappa shape index (κ3) is 1.71. The molecule has 1 fully saturated rings. The lowest BCUT2D eigenvalue weighted by Gasteiger charge is -2.28.